The molecule has 2 aromatic carbocycles. The molecule has 0 heterocycles. The Morgan fingerprint density at radius 1 is 0.950 bits per heavy atom. The van der Waals surface area contributed by atoms with E-state index in [0.717, 1.165) is 11.1 Å². The third-order valence-corrected chi connectivity index (χ3v) is 3.36. The van der Waals surface area contributed by atoms with Crippen molar-refractivity contribution in [1.82, 2.24) is 4.90 Å². The summed E-state index contributed by atoms with van der Waals surface area (Å²) in [6, 6.07) is 19.4. The van der Waals surface area contributed by atoms with Gasteiger partial charge in [-0.05, 0) is 18.1 Å². The molecule has 1 N–H and O–H groups in total. The normalized spacial score (nSPS) is 12.3. The van der Waals surface area contributed by atoms with E-state index in [1.54, 1.807) is 6.92 Å². The summed E-state index contributed by atoms with van der Waals surface area (Å²) in [5.41, 5.74) is 2.24. The maximum absolute atomic E-state index is 11.3. The van der Waals surface area contributed by atoms with E-state index in [1.807, 2.05) is 65.6 Å². The van der Waals surface area contributed by atoms with Gasteiger partial charge in [0.25, 0.3) is 0 Å². The highest BCUT2D eigenvalue weighted by molar-refractivity contribution is 5.72. The molecule has 1 atom stereocenters. The smallest absolute Gasteiger partial charge is 0.320 e. The molecule has 0 spiro atoms. The zero-order chi connectivity index (χ0) is 14.4. The number of carbonyl (C=O) groups is 1. The van der Waals surface area contributed by atoms with Crippen molar-refractivity contribution in [2.75, 3.05) is 0 Å². The summed E-state index contributed by atoms with van der Waals surface area (Å²) in [5.74, 6) is -0.795. The molecule has 0 radical (unpaired) electrons. The first kappa shape index (κ1) is 14.3. The minimum absolute atomic E-state index is 0.518. The van der Waals surface area contributed by atoms with Crippen molar-refractivity contribution in [3.63, 3.8) is 0 Å². The fourth-order valence-corrected chi connectivity index (χ4v) is 2.12. The van der Waals surface area contributed by atoms with Crippen molar-refractivity contribution in [2.45, 2.75) is 26.1 Å². The lowest BCUT2D eigenvalue weighted by atomic mass is 10.1. The maximum Gasteiger partial charge on any atom is 0.320 e. The molecule has 0 aliphatic heterocycles. The quantitative estimate of drug-likeness (QED) is 0.875. The molecule has 0 bridgehead atoms. The van der Waals surface area contributed by atoms with E-state index >= 15 is 0 Å². The van der Waals surface area contributed by atoms with Gasteiger partial charge >= 0.3 is 5.97 Å². The van der Waals surface area contributed by atoms with Crippen LogP contribution in [0.1, 0.15) is 18.1 Å². The van der Waals surface area contributed by atoms with E-state index in [-0.39, 0.29) is 0 Å². The number of carboxylic acids is 1. The van der Waals surface area contributed by atoms with E-state index in [2.05, 4.69) is 0 Å². The molecule has 3 nitrogen and oxygen atoms in total. The van der Waals surface area contributed by atoms with Gasteiger partial charge in [-0.25, -0.2) is 0 Å². The number of hydrogen-bond donors (Lipinski definition) is 1. The Kier molecular flexibility index (Phi) is 4.91. The second-order valence-corrected chi connectivity index (χ2v) is 4.89. The predicted octanol–water partition coefficient (Wildman–Crippen LogP) is 3.16. The van der Waals surface area contributed by atoms with Crippen LogP contribution in [0.4, 0.5) is 0 Å². The number of hydrogen-bond acceptors (Lipinski definition) is 2. The zero-order valence-electron chi connectivity index (χ0n) is 11.6. The lowest BCUT2D eigenvalue weighted by molar-refractivity contribution is -0.143. The van der Waals surface area contributed by atoms with Crippen LogP contribution in [0.5, 0.6) is 0 Å². The molecular weight excluding hydrogens is 250 g/mol. The number of nitrogens with zero attached hydrogens (tertiary/aromatic N) is 1. The summed E-state index contributed by atoms with van der Waals surface area (Å²) >= 11 is 0. The van der Waals surface area contributed by atoms with Crippen LogP contribution in [0.15, 0.2) is 60.7 Å². The van der Waals surface area contributed by atoms with Crippen molar-refractivity contribution in [3.05, 3.63) is 71.8 Å². The second-order valence-electron chi connectivity index (χ2n) is 4.89. The first-order valence-corrected chi connectivity index (χ1v) is 6.71. The van der Waals surface area contributed by atoms with Crippen LogP contribution in [0.2, 0.25) is 0 Å². The number of rotatable bonds is 6. The molecule has 2 aromatic rings. The predicted molar refractivity (Wildman–Crippen MR) is 79.2 cm³/mol. The van der Waals surface area contributed by atoms with E-state index in [4.69, 9.17) is 0 Å². The van der Waals surface area contributed by atoms with Crippen molar-refractivity contribution < 1.29 is 9.90 Å². The van der Waals surface area contributed by atoms with E-state index in [0.29, 0.717) is 13.1 Å². The van der Waals surface area contributed by atoms with Gasteiger partial charge in [-0.1, -0.05) is 60.7 Å². The van der Waals surface area contributed by atoms with Gasteiger partial charge in [-0.3, -0.25) is 9.69 Å². The van der Waals surface area contributed by atoms with E-state index < -0.39 is 12.0 Å². The maximum atomic E-state index is 11.3. The molecule has 20 heavy (non-hydrogen) atoms. The van der Waals surface area contributed by atoms with Gasteiger partial charge in [0.2, 0.25) is 0 Å². The summed E-state index contributed by atoms with van der Waals surface area (Å²) in [4.78, 5) is 13.2. The molecule has 0 aromatic heterocycles. The first-order chi connectivity index (χ1) is 9.66. The molecule has 104 valence electrons. The highest BCUT2D eigenvalue weighted by atomic mass is 16.4. The standard InChI is InChI=1S/C17H19NO2/c1-14(17(19)20)18(12-15-8-4-2-5-9-15)13-16-10-6-3-7-11-16/h2-11,14H,12-13H2,1H3,(H,19,20)/t14-/m1/s1. The number of benzene rings is 2. The molecular formula is C17H19NO2. The lowest BCUT2D eigenvalue weighted by Gasteiger charge is -2.26. The summed E-state index contributed by atoms with van der Waals surface area (Å²) < 4.78 is 0. The van der Waals surface area contributed by atoms with E-state index in [1.165, 1.54) is 0 Å². The fraction of sp³-hybridized carbons (Fsp3) is 0.235. The summed E-state index contributed by atoms with van der Waals surface area (Å²) in [6.07, 6.45) is 0. The van der Waals surface area contributed by atoms with Gasteiger partial charge in [0.1, 0.15) is 6.04 Å². The third kappa shape index (κ3) is 3.93. The van der Waals surface area contributed by atoms with Crippen LogP contribution in [-0.4, -0.2) is 22.0 Å². The van der Waals surface area contributed by atoms with Crippen LogP contribution >= 0.6 is 0 Å². The Bertz CT molecular complexity index is 498. The van der Waals surface area contributed by atoms with Crippen molar-refractivity contribution in [3.8, 4) is 0 Å². The molecule has 3 heteroatoms. The van der Waals surface area contributed by atoms with Crippen LogP contribution < -0.4 is 0 Å². The molecule has 0 amide bonds. The molecule has 0 aliphatic carbocycles. The summed E-state index contributed by atoms with van der Waals surface area (Å²) in [7, 11) is 0. The van der Waals surface area contributed by atoms with Gasteiger partial charge < -0.3 is 5.11 Å². The van der Waals surface area contributed by atoms with Crippen molar-refractivity contribution in [2.24, 2.45) is 0 Å². The monoisotopic (exact) mass is 269 g/mol. The van der Waals surface area contributed by atoms with Gasteiger partial charge in [-0.15, -0.1) is 0 Å². The molecule has 0 fully saturated rings. The zero-order valence-corrected chi connectivity index (χ0v) is 11.6. The van der Waals surface area contributed by atoms with Crippen LogP contribution in [0, 0.1) is 0 Å². The second kappa shape index (κ2) is 6.87. The Morgan fingerprint density at radius 2 is 1.35 bits per heavy atom. The Hall–Kier alpha value is -2.13. The SMILES string of the molecule is C[C@H](C(=O)O)N(Cc1ccccc1)Cc1ccccc1. The molecule has 0 saturated heterocycles. The van der Waals surface area contributed by atoms with Gasteiger partial charge in [0.15, 0.2) is 0 Å². The highest BCUT2D eigenvalue weighted by Gasteiger charge is 2.20. The van der Waals surface area contributed by atoms with Crippen LogP contribution in [-0.2, 0) is 17.9 Å². The lowest BCUT2D eigenvalue weighted by Crippen LogP contribution is -2.37. The molecule has 0 saturated carbocycles. The highest BCUT2D eigenvalue weighted by Crippen LogP contribution is 2.13. The van der Waals surface area contributed by atoms with E-state index in [9.17, 15) is 9.90 Å². The van der Waals surface area contributed by atoms with Crippen molar-refractivity contribution >= 4 is 5.97 Å². The van der Waals surface area contributed by atoms with Crippen molar-refractivity contribution in [1.29, 1.82) is 0 Å². The number of carboxylic acid groups (broad SMARTS) is 1. The van der Waals surface area contributed by atoms with Crippen LogP contribution in [0.3, 0.4) is 0 Å². The Labute approximate surface area is 119 Å². The van der Waals surface area contributed by atoms with Gasteiger partial charge in [0.05, 0.1) is 0 Å². The fourth-order valence-electron chi connectivity index (χ4n) is 2.12. The minimum Gasteiger partial charge on any atom is -0.480 e. The Balaban J connectivity index is 2.14. The molecule has 0 aliphatic rings. The average molecular weight is 269 g/mol. The minimum atomic E-state index is -0.795. The first-order valence-electron chi connectivity index (χ1n) is 6.71. The largest absolute Gasteiger partial charge is 0.480 e. The van der Waals surface area contributed by atoms with Gasteiger partial charge in [-0.2, -0.15) is 0 Å². The average Bonchev–Trinajstić information content (AvgIpc) is 2.48. The summed E-state index contributed by atoms with van der Waals surface area (Å²) in [5, 5.41) is 9.27. The Morgan fingerprint density at radius 3 is 1.70 bits per heavy atom. The third-order valence-electron chi connectivity index (χ3n) is 3.36. The number of aliphatic carboxylic acids is 1. The van der Waals surface area contributed by atoms with Gasteiger partial charge in [0, 0.05) is 13.1 Å². The summed E-state index contributed by atoms with van der Waals surface area (Å²) in [6.45, 7) is 2.99. The molecule has 0 unspecified atom stereocenters. The topological polar surface area (TPSA) is 40.5 Å². The van der Waals surface area contributed by atoms with Crippen LogP contribution in [0.25, 0.3) is 0 Å². The molecule has 2 rings (SSSR count).